The molecule has 0 unspecified atom stereocenters. The van der Waals surface area contributed by atoms with E-state index in [4.69, 9.17) is 9.47 Å². The molecule has 0 aliphatic carbocycles. The predicted molar refractivity (Wildman–Crippen MR) is 99.2 cm³/mol. The van der Waals surface area contributed by atoms with Crippen LogP contribution in [-0.2, 0) is 0 Å². The molecule has 0 saturated heterocycles. The molecule has 138 valence electrons. The summed E-state index contributed by atoms with van der Waals surface area (Å²) in [4.78, 5) is 20.6. The van der Waals surface area contributed by atoms with Crippen LogP contribution in [0.4, 0.5) is 21.6 Å². The number of carbonyl (C=O) groups excluding carboxylic acids is 1. The second-order valence-electron chi connectivity index (χ2n) is 5.44. The second-order valence-corrected chi connectivity index (χ2v) is 5.44. The third kappa shape index (κ3) is 4.49. The number of benzene rings is 2. The summed E-state index contributed by atoms with van der Waals surface area (Å²) < 4.78 is 23.7. The average molecular weight is 368 g/mol. The van der Waals surface area contributed by atoms with Gasteiger partial charge < -0.3 is 20.1 Å². The number of aromatic nitrogens is 2. The lowest BCUT2D eigenvalue weighted by atomic mass is 10.2. The van der Waals surface area contributed by atoms with Gasteiger partial charge in [-0.15, -0.1) is 0 Å². The molecule has 2 aromatic carbocycles. The smallest absolute Gasteiger partial charge is 0.274 e. The van der Waals surface area contributed by atoms with Crippen molar-refractivity contribution >= 4 is 23.1 Å². The van der Waals surface area contributed by atoms with E-state index in [0.29, 0.717) is 28.7 Å². The van der Waals surface area contributed by atoms with E-state index in [2.05, 4.69) is 20.6 Å². The summed E-state index contributed by atoms with van der Waals surface area (Å²) in [6.07, 6.45) is 1.25. The second kappa shape index (κ2) is 8.13. The number of hydrogen-bond acceptors (Lipinski definition) is 6. The summed E-state index contributed by atoms with van der Waals surface area (Å²) in [5.41, 5.74) is 1.09. The molecule has 27 heavy (non-hydrogen) atoms. The Bertz CT molecular complexity index is 965. The normalized spacial score (nSPS) is 10.2. The molecule has 0 bridgehead atoms. The van der Waals surface area contributed by atoms with Gasteiger partial charge >= 0.3 is 0 Å². The van der Waals surface area contributed by atoms with Crippen LogP contribution in [0.1, 0.15) is 10.5 Å². The molecule has 8 heteroatoms. The zero-order valence-electron chi connectivity index (χ0n) is 14.7. The topological polar surface area (TPSA) is 85.4 Å². The molecule has 0 atom stereocenters. The van der Waals surface area contributed by atoms with Crippen LogP contribution in [0.3, 0.4) is 0 Å². The molecular formula is C19H17FN4O3. The molecule has 0 spiro atoms. The number of ether oxygens (including phenoxy) is 2. The van der Waals surface area contributed by atoms with Crippen LogP contribution in [0.5, 0.6) is 11.5 Å². The quantitative estimate of drug-likeness (QED) is 0.691. The molecule has 0 radical (unpaired) electrons. The van der Waals surface area contributed by atoms with E-state index in [1.54, 1.807) is 30.3 Å². The van der Waals surface area contributed by atoms with Crippen molar-refractivity contribution in [2.45, 2.75) is 0 Å². The molecular weight excluding hydrogens is 351 g/mol. The Labute approximate surface area is 155 Å². The average Bonchev–Trinajstić information content (AvgIpc) is 2.68. The van der Waals surface area contributed by atoms with E-state index in [1.807, 2.05) is 0 Å². The van der Waals surface area contributed by atoms with E-state index in [0.717, 1.165) is 0 Å². The summed E-state index contributed by atoms with van der Waals surface area (Å²) >= 11 is 0. The van der Waals surface area contributed by atoms with E-state index < -0.39 is 5.91 Å². The summed E-state index contributed by atoms with van der Waals surface area (Å²) in [5, 5.41) is 5.66. The third-order valence-corrected chi connectivity index (χ3v) is 3.65. The van der Waals surface area contributed by atoms with Crippen molar-refractivity contribution in [3.63, 3.8) is 0 Å². The van der Waals surface area contributed by atoms with E-state index in [1.165, 1.54) is 38.7 Å². The Morgan fingerprint density at radius 1 is 1.04 bits per heavy atom. The number of carbonyl (C=O) groups is 1. The van der Waals surface area contributed by atoms with Crippen molar-refractivity contribution in [1.82, 2.24) is 9.97 Å². The highest BCUT2D eigenvalue weighted by Crippen LogP contribution is 2.29. The van der Waals surface area contributed by atoms with Crippen LogP contribution >= 0.6 is 0 Å². The van der Waals surface area contributed by atoms with Gasteiger partial charge in [0.15, 0.2) is 0 Å². The Morgan fingerprint density at radius 2 is 1.89 bits per heavy atom. The van der Waals surface area contributed by atoms with Crippen molar-refractivity contribution in [2.75, 3.05) is 24.9 Å². The first kappa shape index (κ1) is 18.1. The minimum atomic E-state index is -0.453. The van der Waals surface area contributed by atoms with Crippen LogP contribution in [0.2, 0.25) is 0 Å². The van der Waals surface area contributed by atoms with Crippen molar-refractivity contribution in [1.29, 1.82) is 0 Å². The highest BCUT2D eigenvalue weighted by Gasteiger charge is 2.13. The van der Waals surface area contributed by atoms with Crippen LogP contribution in [-0.4, -0.2) is 30.1 Å². The monoisotopic (exact) mass is 368 g/mol. The molecule has 0 aliphatic rings. The number of amides is 1. The van der Waals surface area contributed by atoms with Crippen LogP contribution in [0, 0.1) is 5.82 Å². The Morgan fingerprint density at radius 3 is 2.63 bits per heavy atom. The highest BCUT2D eigenvalue weighted by atomic mass is 19.1. The van der Waals surface area contributed by atoms with Gasteiger partial charge in [0.1, 0.15) is 35.2 Å². The molecule has 0 aliphatic heterocycles. The first-order valence-electron chi connectivity index (χ1n) is 7.97. The zero-order chi connectivity index (χ0) is 19.2. The molecule has 3 rings (SSSR count). The maximum absolute atomic E-state index is 13.3. The van der Waals surface area contributed by atoms with Crippen LogP contribution in [0.15, 0.2) is 54.9 Å². The van der Waals surface area contributed by atoms with Gasteiger partial charge in [-0.2, -0.15) is 0 Å². The lowest BCUT2D eigenvalue weighted by Crippen LogP contribution is -2.15. The number of rotatable bonds is 6. The van der Waals surface area contributed by atoms with Gasteiger partial charge in [0, 0.05) is 17.8 Å². The van der Waals surface area contributed by atoms with Gasteiger partial charge in [0.2, 0.25) is 0 Å². The van der Waals surface area contributed by atoms with Gasteiger partial charge in [0.05, 0.1) is 19.9 Å². The third-order valence-electron chi connectivity index (χ3n) is 3.65. The molecule has 3 aromatic rings. The lowest BCUT2D eigenvalue weighted by molar-refractivity contribution is 0.102. The maximum Gasteiger partial charge on any atom is 0.274 e. The van der Waals surface area contributed by atoms with Crippen LogP contribution < -0.4 is 20.1 Å². The van der Waals surface area contributed by atoms with Crippen molar-refractivity contribution in [3.8, 4) is 11.5 Å². The summed E-state index contributed by atoms with van der Waals surface area (Å²) in [5.74, 6) is 0.584. The van der Waals surface area contributed by atoms with Crippen molar-refractivity contribution in [3.05, 3.63) is 66.4 Å². The highest BCUT2D eigenvalue weighted by molar-refractivity contribution is 6.04. The van der Waals surface area contributed by atoms with Gasteiger partial charge in [-0.25, -0.2) is 14.4 Å². The maximum atomic E-state index is 13.3. The SMILES string of the molecule is COc1ccc(OC)c(NC(=O)c2cc(Nc3cccc(F)c3)ncn2)c1. The molecule has 1 heterocycles. The molecule has 1 aromatic heterocycles. The number of methoxy groups -OCH3 is 2. The largest absolute Gasteiger partial charge is 0.497 e. The summed E-state index contributed by atoms with van der Waals surface area (Å²) in [6, 6.07) is 12.4. The molecule has 1 amide bonds. The number of halogens is 1. The number of nitrogens with zero attached hydrogens (tertiary/aromatic N) is 2. The van der Waals surface area contributed by atoms with E-state index >= 15 is 0 Å². The molecule has 2 N–H and O–H groups in total. The first-order valence-corrected chi connectivity index (χ1v) is 7.97. The fraction of sp³-hybridized carbons (Fsp3) is 0.105. The van der Waals surface area contributed by atoms with Crippen molar-refractivity contribution in [2.24, 2.45) is 0 Å². The number of anilines is 3. The van der Waals surface area contributed by atoms with Crippen LogP contribution in [0.25, 0.3) is 0 Å². The van der Waals surface area contributed by atoms with E-state index in [-0.39, 0.29) is 11.5 Å². The predicted octanol–water partition coefficient (Wildman–Crippen LogP) is 3.63. The first-order chi connectivity index (χ1) is 13.1. The van der Waals surface area contributed by atoms with Gasteiger partial charge in [0.25, 0.3) is 5.91 Å². The Balaban J connectivity index is 1.80. The minimum absolute atomic E-state index is 0.133. The molecule has 0 fully saturated rings. The van der Waals surface area contributed by atoms with Gasteiger partial charge in [-0.3, -0.25) is 4.79 Å². The van der Waals surface area contributed by atoms with Gasteiger partial charge in [-0.05, 0) is 30.3 Å². The number of nitrogens with one attached hydrogen (secondary N) is 2. The summed E-state index contributed by atoms with van der Waals surface area (Å²) in [7, 11) is 3.03. The fourth-order valence-corrected chi connectivity index (χ4v) is 2.36. The zero-order valence-corrected chi connectivity index (χ0v) is 14.7. The molecule has 0 saturated carbocycles. The van der Waals surface area contributed by atoms with E-state index in [9.17, 15) is 9.18 Å². The van der Waals surface area contributed by atoms with Gasteiger partial charge in [-0.1, -0.05) is 6.07 Å². The number of hydrogen-bond donors (Lipinski definition) is 2. The lowest BCUT2D eigenvalue weighted by Gasteiger charge is -2.12. The Kier molecular flexibility index (Phi) is 5.46. The Hall–Kier alpha value is -3.68. The molecule has 7 nitrogen and oxygen atoms in total. The fourth-order valence-electron chi connectivity index (χ4n) is 2.36. The minimum Gasteiger partial charge on any atom is -0.497 e. The standard InChI is InChI=1S/C19H17FN4O3/c1-26-14-6-7-17(27-2)15(9-14)24-19(25)16-10-18(22-11-21-16)23-13-5-3-4-12(20)8-13/h3-11H,1-2H3,(H,24,25)(H,21,22,23). The summed E-state index contributed by atoms with van der Waals surface area (Å²) in [6.45, 7) is 0. The van der Waals surface area contributed by atoms with Crippen molar-refractivity contribution < 1.29 is 18.7 Å².